The van der Waals surface area contributed by atoms with E-state index in [0.717, 1.165) is 42.1 Å². The summed E-state index contributed by atoms with van der Waals surface area (Å²) in [6.45, 7) is 0.749. The molecule has 7 heteroatoms. The molecule has 0 radical (unpaired) electrons. The monoisotopic (exact) mass is 379 g/mol. The Bertz CT molecular complexity index is 696. The Hall–Kier alpha value is -1.15. The quantitative estimate of drug-likeness (QED) is 0.578. The average molecular weight is 380 g/mol. The largest absolute Gasteiger partial charge is 0.461 e. The molecule has 2 saturated heterocycles. The first-order valence-electron chi connectivity index (χ1n) is 8.71. The van der Waals surface area contributed by atoms with E-state index in [0.29, 0.717) is 12.2 Å². The number of fused-ring (bicyclic) bond motifs is 1. The van der Waals surface area contributed by atoms with E-state index in [2.05, 4.69) is 11.1 Å². The molecular weight excluding hydrogens is 358 g/mol. The molecule has 4 rings (SSSR count). The smallest absolute Gasteiger partial charge is 0.308 e. The number of carbonyl (C=O) groups is 1. The molecule has 1 unspecified atom stereocenters. The molecule has 3 heterocycles. The lowest BCUT2D eigenvalue weighted by Crippen LogP contribution is -2.38. The summed E-state index contributed by atoms with van der Waals surface area (Å²) in [5.74, 6) is 0.527. The van der Waals surface area contributed by atoms with E-state index >= 15 is 0 Å². The number of carbonyl (C=O) groups excluding carboxylic acids is 1. The second kappa shape index (κ2) is 8.03. The SMILES string of the molecule is O=C1C[C@H](OC2CCCCO2)C[C@@H](CSc2nc3ccccc3s2)O1. The summed E-state index contributed by atoms with van der Waals surface area (Å²) < 4.78 is 19.3. The first-order valence-corrected chi connectivity index (χ1v) is 10.5. The number of esters is 1. The Labute approximate surface area is 155 Å². The Balaban J connectivity index is 1.32. The maximum absolute atomic E-state index is 11.9. The normalized spacial score (nSPS) is 27.4. The minimum absolute atomic E-state index is 0.106. The zero-order valence-corrected chi connectivity index (χ0v) is 15.5. The van der Waals surface area contributed by atoms with Crippen LogP contribution in [0.4, 0.5) is 0 Å². The van der Waals surface area contributed by atoms with Crippen LogP contribution in [-0.4, -0.2) is 41.8 Å². The van der Waals surface area contributed by atoms with Gasteiger partial charge in [-0.3, -0.25) is 4.79 Å². The number of hydrogen-bond donors (Lipinski definition) is 0. The third-order valence-electron chi connectivity index (χ3n) is 4.37. The molecule has 0 N–H and O–H groups in total. The summed E-state index contributed by atoms with van der Waals surface area (Å²) in [4.78, 5) is 16.5. The van der Waals surface area contributed by atoms with E-state index in [1.165, 1.54) is 4.70 Å². The molecule has 1 aromatic carbocycles. The van der Waals surface area contributed by atoms with E-state index < -0.39 is 0 Å². The summed E-state index contributed by atoms with van der Waals surface area (Å²) in [5, 5.41) is 0. The van der Waals surface area contributed by atoms with Crippen molar-refractivity contribution in [3.05, 3.63) is 24.3 Å². The number of para-hydroxylation sites is 1. The standard InChI is InChI=1S/C18H21NO4S2/c20-16-10-12(23-17-7-3-4-8-21-17)9-13(22-16)11-24-18-19-14-5-1-2-6-15(14)25-18/h1-2,5-6,12-13,17H,3-4,7-11H2/t12-,13+,17?/m1/s1. The Morgan fingerprint density at radius 2 is 2.24 bits per heavy atom. The van der Waals surface area contributed by atoms with Gasteiger partial charge in [0.1, 0.15) is 6.10 Å². The van der Waals surface area contributed by atoms with Gasteiger partial charge >= 0.3 is 5.97 Å². The van der Waals surface area contributed by atoms with E-state index in [1.807, 2.05) is 18.2 Å². The van der Waals surface area contributed by atoms with Crippen LogP contribution in [0.1, 0.15) is 32.1 Å². The highest BCUT2D eigenvalue weighted by Crippen LogP contribution is 2.32. The minimum Gasteiger partial charge on any atom is -0.461 e. The number of hydrogen-bond acceptors (Lipinski definition) is 7. The molecule has 0 saturated carbocycles. The molecule has 0 bridgehead atoms. The van der Waals surface area contributed by atoms with Crippen molar-refractivity contribution in [2.45, 2.75) is 54.9 Å². The molecule has 2 fully saturated rings. The second-order valence-corrected chi connectivity index (χ2v) is 8.66. The van der Waals surface area contributed by atoms with E-state index in [9.17, 15) is 4.79 Å². The topological polar surface area (TPSA) is 57.7 Å². The van der Waals surface area contributed by atoms with Crippen LogP contribution in [0.5, 0.6) is 0 Å². The van der Waals surface area contributed by atoms with Gasteiger partial charge in [0.15, 0.2) is 10.6 Å². The predicted molar refractivity (Wildman–Crippen MR) is 97.9 cm³/mol. The zero-order chi connectivity index (χ0) is 17.1. The molecular formula is C18H21NO4S2. The van der Waals surface area contributed by atoms with Crippen molar-refractivity contribution in [3.8, 4) is 0 Å². The van der Waals surface area contributed by atoms with Crippen molar-refractivity contribution in [2.24, 2.45) is 0 Å². The number of aromatic nitrogens is 1. The highest BCUT2D eigenvalue weighted by Gasteiger charge is 2.32. The predicted octanol–water partition coefficient (Wildman–Crippen LogP) is 4.01. The molecule has 5 nitrogen and oxygen atoms in total. The van der Waals surface area contributed by atoms with Gasteiger partial charge in [0.25, 0.3) is 0 Å². The molecule has 2 aliphatic heterocycles. The van der Waals surface area contributed by atoms with E-state index in [4.69, 9.17) is 14.2 Å². The van der Waals surface area contributed by atoms with Gasteiger partial charge in [-0.05, 0) is 31.4 Å². The van der Waals surface area contributed by atoms with Crippen molar-refractivity contribution in [1.29, 1.82) is 0 Å². The molecule has 1 aromatic heterocycles. The van der Waals surface area contributed by atoms with Gasteiger partial charge in [-0.25, -0.2) is 4.98 Å². The van der Waals surface area contributed by atoms with E-state index in [-0.39, 0.29) is 24.5 Å². The maximum atomic E-state index is 11.9. The van der Waals surface area contributed by atoms with Crippen LogP contribution < -0.4 is 0 Å². The lowest BCUT2D eigenvalue weighted by Gasteiger charge is -2.32. The van der Waals surface area contributed by atoms with Crippen molar-refractivity contribution in [1.82, 2.24) is 4.98 Å². The van der Waals surface area contributed by atoms with Gasteiger partial charge in [0, 0.05) is 18.8 Å². The van der Waals surface area contributed by atoms with Crippen molar-refractivity contribution < 1.29 is 19.0 Å². The number of benzene rings is 1. The molecule has 0 spiro atoms. The van der Waals surface area contributed by atoms with Crippen molar-refractivity contribution in [2.75, 3.05) is 12.4 Å². The van der Waals surface area contributed by atoms with Crippen LogP contribution >= 0.6 is 23.1 Å². The lowest BCUT2D eigenvalue weighted by atomic mass is 10.1. The summed E-state index contributed by atoms with van der Waals surface area (Å²) in [5.41, 5.74) is 1.02. The van der Waals surface area contributed by atoms with Crippen LogP contribution in [0, 0.1) is 0 Å². The summed E-state index contributed by atoms with van der Waals surface area (Å²) >= 11 is 3.32. The average Bonchev–Trinajstić information content (AvgIpc) is 3.03. The van der Waals surface area contributed by atoms with Crippen molar-refractivity contribution >= 4 is 39.3 Å². The van der Waals surface area contributed by atoms with Crippen LogP contribution in [-0.2, 0) is 19.0 Å². The third-order valence-corrected chi connectivity index (χ3v) is 6.68. The molecule has 2 aromatic rings. The molecule has 25 heavy (non-hydrogen) atoms. The maximum Gasteiger partial charge on any atom is 0.308 e. The van der Waals surface area contributed by atoms with Crippen molar-refractivity contribution in [3.63, 3.8) is 0 Å². The molecule has 3 atom stereocenters. The fourth-order valence-electron chi connectivity index (χ4n) is 3.16. The lowest BCUT2D eigenvalue weighted by molar-refractivity contribution is -0.207. The zero-order valence-electron chi connectivity index (χ0n) is 13.9. The first kappa shape index (κ1) is 17.3. The Morgan fingerprint density at radius 1 is 1.32 bits per heavy atom. The number of thiazole rings is 1. The second-order valence-electron chi connectivity index (χ2n) is 6.36. The summed E-state index contributed by atoms with van der Waals surface area (Å²) in [6, 6.07) is 8.11. The van der Waals surface area contributed by atoms with Gasteiger partial charge < -0.3 is 14.2 Å². The molecule has 0 aliphatic carbocycles. The third kappa shape index (κ3) is 4.53. The molecule has 134 valence electrons. The fraction of sp³-hybridized carbons (Fsp3) is 0.556. The van der Waals surface area contributed by atoms with Gasteiger partial charge in [0.2, 0.25) is 0 Å². The summed E-state index contributed by atoms with van der Waals surface area (Å²) in [7, 11) is 0. The summed E-state index contributed by atoms with van der Waals surface area (Å²) in [6.07, 6.45) is 3.77. The van der Waals surface area contributed by atoms with Crippen LogP contribution in [0.3, 0.4) is 0 Å². The number of nitrogens with zero attached hydrogens (tertiary/aromatic N) is 1. The fourth-order valence-corrected chi connectivity index (χ4v) is 5.26. The number of rotatable bonds is 5. The van der Waals surface area contributed by atoms with Gasteiger partial charge in [0.05, 0.1) is 22.7 Å². The number of thioether (sulfide) groups is 1. The van der Waals surface area contributed by atoms with Gasteiger partial charge in [-0.1, -0.05) is 23.9 Å². The highest BCUT2D eigenvalue weighted by molar-refractivity contribution is 8.01. The van der Waals surface area contributed by atoms with Crippen LogP contribution in [0.25, 0.3) is 10.2 Å². The molecule has 0 amide bonds. The van der Waals surface area contributed by atoms with Crippen LogP contribution in [0.2, 0.25) is 0 Å². The number of cyclic esters (lactones) is 1. The van der Waals surface area contributed by atoms with E-state index in [1.54, 1.807) is 23.1 Å². The Kier molecular flexibility index (Phi) is 5.55. The minimum atomic E-state index is -0.179. The number of ether oxygens (including phenoxy) is 3. The Morgan fingerprint density at radius 3 is 3.08 bits per heavy atom. The van der Waals surface area contributed by atoms with Crippen LogP contribution in [0.15, 0.2) is 28.6 Å². The first-order chi connectivity index (χ1) is 12.3. The molecule has 2 aliphatic rings. The van der Waals surface area contributed by atoms with Gasteiger partial charge in [-0.15, -0.1) is 11.3 Å². The van der Waals surface area contributed by atoms with Gasteiger partial charge in [-0.2, -0.15) is 0 Å². The highest BCUT2D eigenvalue weighted by atomic mass is 32.2.